The highest BCUT2D eigenvalue weighted by molar-refractivity contribution is 4.40. The monoisotopic (exact) mass is 256 g/mol. The molecule has 0 bridgehead atoms. The van der Waals surface area contributed by atoms with Gasteiger partial charge >= 0.3 is 0 Å². The van der Waals surface area contributed by atoms with Gasteiger partial charge in [0.25, 0.3) is 0 Å². The Morgan fingerprint density at radius 1 is 0.647 bits per heavy atom. The number of rotatable bonds is 6. The van der Waals surface area contributed by atoms with Crippen LogP contribution < -0.4 is 11.5 Å². The van der Waals surface area contributed by atoms with Crippen LogP contribution in [0, 0.1) is 30.6 Å². The molecule has 0 aliphatic rings. The quantitative estimate of drug-likeness (QED) is 0.346. The van der Waals surface area contributed by atoms with Crippen molar-refractivity contribution in [2.24, 2.45) is 0 Å². The zero-order chi connectivity index (χ0) is 14.1. The Bertz CT molecular complexity index is 154. The molecule has 17 heavy (non-hydrogen) atoms. The van der Waals surface area contributed by atoms with E-state index in [1.165, 1.54) is 32.1 Å². The summed E-state index contributed by atoms with van der Waals surface area (Å²) in [5.74, 6) is 0. The molecule has 0 aromatic heterocycles. The third-order valence-electron chi connectivity index (χ3n) is 1.50. The molecule has 0 aliphatic carbocycles. The molecule has 10 heteroatoms. The van der Waals surface area contributed by atoms with Crippen molar-refractivity contribution < 1.29 is 21.6 Å². The van der Waals surface area contributed by atoms with Gasteiger partial charge in [-0.3, -0.25) is 0 Å². The first kappa shape index (κ1) is 20.7. The number of unbranched alkanes of at least 4 members (excludes halogenated alkanes) is 4. The van der Waals surface area contributed by atoms with Gasteiger partial charge in [-0.15, -0.1) is 0 Å². The van der Waals surface area contributed by atoms with Crippen LogP contribution in [-0.4, -0.2) is 23.3 Å². The van der Waals surface area contributed by atoms with Crippen LogP contribution in [0.25, 0.3) is 0 Å². The minimum absolute atomic E-state index is 1.10. The van der Waals surface area contributed by atoms with E-state index in [1.54, 1.807) is 0 Å². The van der Waals surface area contributed by atoms with Crippen LogP contribution in [0.5, 0.6) is 0 Å². The van der Waals surface area contributed by atoms with E-state index < -0.39 is 10.2 Å². The van der Waals surface area contributed by atoms with Gasteiger partial charge in [0.05, 0.1) is 23.3 Å². The molecule has 0 aromatic rings. The van der Waals surface area contributed by atoms with Crippen LogP contribution >= 0.6 is 0 Å². The average Bonchev–Trinajstić information content (AvgIpc) is 2.16. The molecule has 0 saturated heterocycles. The molecule has 0 radical (unpaired) electrons. The highest BCUT2D eigenvalue weighted by atomic mass is 16.9. The third kappa shape index (κ3) is 116. The molecule has 6 N–H and O–H groups in total. The highest BCUT2D eigenvalue weighted by Gasteiger charge is 1.88. The number of hydrogen-bond acceptors (Lipinski definition) is 6. The molecule has 104 valence electrons. The normalized spacial score (nSPS) is 8.12. The van der Waals surface area contributed by atoms with Gasteiger partial charge in [0.2, 0.25) is 0 Å². The summed E-state index contributed by atoms with van der Waals surface area (Å²) in [5.41, 5.74) is 7.58. The molecule has 0 aliphatic heterocycles. The van der Waals surface area contributed by atoms with Crippen LogP contribution in [0.3, 0.4) is 0 Å². The van der Waals surface area contributed by atoms with Gasteiger partial charge in [-0.05, 0) is 25.7 Å². The highest BCUT2D eigenvalue weighted by Crippen LogP contribution is 1.99. The summed E-state index contributed by atoms with van der Waals surface area (Å²) in [6.45, 7) is 2.20. The lowest BCUT2D eigenvalue weighted by Crippen LogP contribution is -2.50. The van der Waals surface area contributed by atoms with Crippen LogP contribution in [-0.2, 0) is 0 Å². The minimum Gasteiger partial charge on any atom is -0.358 e. The number of quaternary nitrogens is 2. The minimum atomic E-state index is -1.75. The Kier molecular flexibility index (Phi) is 24.1. The molecular formula is C7H20N4O6. The van der Waals surface area contributed by atoms with Crippen molar-refractivity contribution in [3.8, 4) is 0 Å². The first-order valence-electron chi connectivity index (χ1n) is 5.10. The number of hydrogen-bond donors (Lipinski definition) is 2. The van der Waals surface area contributed by atoms with Gasteiger partial charge < -0.3 is 42.1 Å². The van der Waals surface area contributed by atoms with E-state index in [0.29, 0.717) is 0 Å². The fraction of sp³-hybridized carbons (Fsp3) is 1.00. The fourth-order valence-corrected chi connectivity index (χ4v) is 0.884. The van der Waals surface area contributed by atoms with Gasteiger partial charge in [0, 0.05) is 0 Å². The topological polar surface area (TPSA) is 188 Å². The van der Waals surface area contributed by atoms with Crippen molar-refractivity contribution in [1.29, 1.82) is 0 Å². The van der Waals surface area contributed by atoms with Crippen molar-refractivity contribution in [3.05, 3.63) is 30.6 Å². The van der Waals surface area contributed by atoms with E-state index in [4.69, 9.17) is 30.6 Å². The van der Waals surface area contributed by atoms with Crippen molar-refractivity contribution in [2.45, 2.75) is 32.1 Å². The molecule has 0 fully saturated rings. The molecule has 0 rings (SSSR count). The van der Waals surface area contributed by atoms with Crippen molar-refractivity contribution in [3.63, 3.8) is 0 Å². The standard InChI is InChI=1S/C7H18N2.2NO3/c8-6-4-2-1-3-5-7-9;2*2-1(3)4/h1-9H2;;/q;2*-1/p+2. The molecule has 0 unspecified atom stereocenters. The molecule has 0 spiro atoms. The Morgan fingerprint density at radius 2 is 0.824 bits per heavy atom. The van der Waals surface area contributed by atoms with E-state index >= 15 is 0 Å². The molecule has 0 amide bonds. The van der Waals surface area contributed by atoms with E-state index in [-0.39, 0.29) is 0 Å². The molecule has 10 nitrogen and oxygen atoms in total. The Hall–Kier alpha value is -1.68. The summed E-state index contributed by atoms with van der Waals surface area (Å²) < 4.78 is 0. The Morgan fingerprint density at radius 3 is 1.00 bits per heavy atom. The maximum Gasteiger partial charge on any atom is 0.0739 e. The summed E-state index contributed by atoms with van der Waals surface area (Å²) in [6.07, 6.45) is 6.71. The lowest BCUT2D eigenvalue weighted by Gasteiger charge is -1.94. The zero-order valence-corrected chi connectivity index (χ0v) is 9.71. The van der Waals surface area contributed by atoms with Crippen LogP contribution in [0.1, 0.15) is 32.1 Å². The molecule has 0 saturated carbocycles. The third-order valence-corrected chi connectivity index (χ3v) is 1.50. The smallest absolute Gasteiger partial charge is 0.0739 e. The van der Waals surface area contributed by atoms with Gasteiger partial charge in [-0.2, -0.15) is 0 Å². The molecule has 0 heterocycles. The van der Waals surface area contributed by atoms with Gasteiger partial charge in [-0.25, -0.2) is 0 Å². The fourth-order valence-electron chi connectivity index (χ4n) is 0.884. The van der Waals surface area contributed by atoms with Crippen molar-refractivity contribution in [1.82, 2.24) is 0 Å². The second-order valence-electron chi connectivity index (χ2n) is 2.92. The van der Waals surface area contributed by atoms with Crippen molar-refractivity contribution in [2.75, 3.05) is 13.1 Å². The van der Waals surface area contributed by atoms with Gasteiger partial charge in [0.1, 0.15) is 0 Å². The zero-order valence-electron chi connectivity index (χ0n) is 9.71. The predicted octanol–water partition coefficient (Wildman–Crippen LogP) is -1.06. The predicted molar refractivity (Wildman–Crippen MR) is 59.3 cm³/mol. The van der Waals surface area contributed by atoms with Crippen molar-refractivity contribution >= 4 is 0 Å². The Labute approximate surface area is 98.4 Å². The van der Waals surface area contributed by atoms with Crippen LogP contribution in [0.2, 0.25) is 0 Å². The molecule has 0 aromatic carbocycles. The molecule has 0 atom stereocenters. The second-order valence-corrected chi connectivity index (χ2v) is 2.92. The summed E-state index contributed by atoms with van der Waals surface area (Å²) in [7, 11) is 0. The summed E-state index contributed by atoms with van der Waals surface area (Å²) >= 11 is 0. The summed E-state index contributed by atoms with van der Waals surface area (Å²) in [6, 6.07) is 0. The Balaban J connectivity index is -0.000000205. The maximum absolute atomic E-state index is 8.25. The van der Waals surface area contributed by atoms with E-state index in [9.17, 15) is 0 Å². The summed E-state index contributed by atoms with van der Waals surface area (Å²) in [4.78, 5) is 16.5. The van der Waals surface area contributed by atoms with E-state index in [2.05, 4.69) is 11.5 Å². The summed E-state index contributed by atoms with van der Waals surface area (Å²) in [5, 5.41) is 29.5. The SMILES string of the molecule is O=[N+]([O-])[O-].O=[N+]([O-])[O-].[NH3+]CCCCCCC[NH3+]. The van der Waals surface area contributed by atoms with Crippen LogP contribution in [0.15, 0.2) is 0 Å². The van der Waals surface area contributed by atoms with Crippen LogP contribution in [0.4, 0.5) is 0 Å². The molecular weight excluding hydrogens is 236 g/mol. The maximum atomic E-state index is 8.25. The largest absolute Gasteiger partial charge is 0.358 e. The number of nitrogens with zero attached hydrogens (tertiary/aromatic N) is 2. The van der Waals surface area contributed by atoms with Gasteiger partial charge in [0.15, 0.2) is 0 Å². The van der Waals surface area contributed by atoms with Gasteiger partial charge in [-0.1, -0.05) is 6.42 Å². The van der Waals surface area contributed by atoms with E-state index in [1.807, 2.05) is 0 Å². The second kappa shape index (κ2) is 19.8. The van der Waals surface area contributed by atoms with E-state index in [0.717, 1.165) is 13.1 Å². The first-order chi connectivity index (χ1) is 7.88. The first-order valence-corrected chi connectivity index (χ1v) is 5.10. The lowest BCUT2D eigenvalue weighted by atomic mass is 10.1. The lowest BCUT2D eigenvalue weighted by molar-refractivity contribution is -0.403. The average molecular weight is 256 g/mol.